The van der Waals surface area contributed by atoms with Gasteiger partial charge in [0, 0.05) is 0 Å². The van der Waals surface area contributed by atoms with Crippen molar-refractivity contribution in [1.82, 2.24) is 0 Å². The molecule has 1 aliphatic heterocycles. The topological polar surface area (TPSA) is 47.9 Å². The number of nitrogens with zero attached hydrogens (tertiary/aromatic N) is 1. The van der Waals surface area contributed by atoms with Crippen LogP contribution in [0.4, 0.5) is 0 Å². The third-order valence-electron chi connectivity index (χ3n) is 1.46. The summed E-state index contributed by atoms with van der Waals surface area (Å²) in [6.07, 6.45) is 1.65. The van der Waals surface area contributed by atoms with Crippen molar-refractivity contribution in [2.24, 2.45) is 4.99 Å². The summed E-state index contributed by atoms with van der Waals surface area (Å²) in [7, 11) is 1.35. The van der Waals surface area contributed by atoms with E-state index in [1.54, 1.807) is 6.08 Å². The third kappa shape index (κ3) is 3.10. The van der Waals surface area contributed by atoms with E-state index in [2.05, 4.69) is 16.3 Å². The Kier molecular flexibility index (Phi) is 3.82. The number of rotatable bonds is 3. The molecule has 0 aromatic heterocycles. The highest BCUT2D eigenvalue weighted by atomic mass is 32.2. The minimum atomic E-state index is -0.279. The van der Waals surface area contributed by atoms with Gasteiger partial charge in [-0.1, -0.05) is 18.3 Å². The van der Waals surface area contributed by atoms with Crippen molar-refractivity contribution in [3.63, 3.8) is 0 Å². The molecule has 0 aromatic rings. The Morgan fingerprint density at radius 3 is 3.31 bits per heavy atom. The van der Waals surface area contributed by atoms with Crippen molar-refractivity contribution in [2.75, 3.05) is 19.4 Å². The molecule has 0 saturated heterocycles. The van der Waals surface area contributed by atoms with Crippen LogP contribution in [0.15, 0.2) is 17.6 Å². The van der Waals surface area contributed by atoms with Gasteiger partial charge in [-0.25, -0.2) is 4.99 Å². The van der Waals surface area contributed by atoms with Crippen LogP contribution in [0.5, 0.6) is 0 Å². The second-order valence-electron chi connectivity index (χ2n) is 2.36. The fourth-order valence-electron chi connectivity index (χ4n) is 0.750. The van der Waals surface area contributed by atoms with Crippen molar-refractivity contribution < 1.29 is 14.3 Å². The van der Waals surface area contributed by atoms with Crippen LogP contribution in [0.25, 0.3) is 0 Å². The van der Waals surface area contributed by atoms with Crippen LogP contribution in [0.1, 0.15) is 0 Å². The van der Waals surface area contributed by atoms with E-state index >= 15 is 0 Å². The predicted octanol–water partition coefficient (Wildman–Crippen LogP) is 0.833. The zero-order chi connectivity index (χ0) is 9.68. The monoisotopic (exact) mass is 201 g/mol. The van der Waals surface area contributed by atoms with E-state index in [0.717, 1.165) is 0 Å². The lowest BCUT2D eigenvalue weighted by atomic mass is 10.4. The maximum absolute atomic E-state index is 10.7. The molecule has 0 bridgehead atoms. The standard InChI is InChI=1S/C8H11NO3S/c1-3-6-4-9-8(12-6)13-5-7(10)11-2/h3,6H,1,4-5H2,2H3/t6-/m1/s1. The van der Waals surface area contributed by atoms with Crippen LogP contribution in [0, 0.1) is 0 Å². The fourth-order valence-corrected chi connectivity index (χ4v) is 1.47. The largest absolute Gasteiger partial charge is 0.468 e. The van der Waals surface area contributed by atoms with Crippen molar-refractivity contribution >= 4 is 23.0 Å². The Hall–Kier alpha value is -0.970. The Bertz CT molecular complexity index is 240. The van der Waals surface area contributed by atoms with Crippen molar-refractivity contribution in [2.45, 2.75) is 6.10 Å². The van der Waals surface area contributed by atoms with Crippen molar-refractivity contribution in [3.8, 4) is 0 Å². The number of methoxy groups -OCH3 is 1. The number of hydrogen-bond acceptors (Lipinski definition) is 5. The van der Waals surface area contributed by atoms with Gasteiger partial charge in [-0.15, -0.1) is 0 Å². The second-order valence-corrected chi connectivity index (χ2v) is 3.29. The number of carbonyl (C=O) groups excluding carboxylic acids is 1. The molecule has 5 heteroatoms. The normalized spacial score (nSPS) is 20.4. The molecule has 0 aromatic carbocycles. The predicted molar refractivity (Wildman–Crippen MR) is 51.8 cm³/mol. The minimum Gasteiger partial charge on any atom is -0.468 e. The molecule has 1 rings (SSSR count). The smallest absolute Gasteiger partial charge is 0.316 e. The summed E-state index contributed by atoms with van der Waals surface area (Å²) in [5, 5.41) is 0.537. The van der Waals surface area contributed by atoms with E-state index in [0.29, 0.717) is 11.8 Å². The number of carbonyl (C=O) groups is 1. The summed E-state index contributed by atoms with van der Waals surface area (Å²) in [6, 6.07) is 0. The number of aliphatic imine (C=N–C) groups is 1. The van der Waals surface area contributed by atoms with Crippen molar-refractivity contribution in [1.29, 1.82) is 0 Å². The van der Waals surface area contributed by atoms with E-state index < -0.39 is 0 Å². The summed E-state index contributed by atoms with van der Waals surface area (Å²) in [6.45, 7) is 4.18. The van der Waals surface area contributed by atoms with E-state index in [9.17, 15) is 4.79 Å². The number of esters is 1. The van der Waals surface area contributed by atoms with Gasteiger partial charge < -0.3 is 9.47 Å². The van der Waals surface area contributed by atoms with Gasteiger partial charge >= 0.3 is 5.97 Å². The molecule has 0 aliphatic carbocycles. The first-order valence-corrected chi connectivity index (χ1v) is 4.78. The SMILES string of the molecule is C=C[C@@H]1CN=C(SCC(=O)OC)O1. The molecule has 0 amide bonds. The fraction of sp³-hybridized carbons (Fsp3) is 0.500. The zero-order valence-corrected chi connectivity index (χ0v) is 8.17. The van der Waals surface area contributed by atoms with Crippen LogP contribution < -0.4 is 0 Å². The van der Waals surface area contributed by atoms with Gasteiger partial charge in [0.2, 0.25) is 5.23 Å². The van der Waals surface area contributed by atoms with Crippen LogP contribution in [-0.4, -0.2) is 36.7 Å². The molecule has 1 aliphatic rings. The quantitative estimate of drug-likeness (QED) is 0.501. The lowest BCUT2D eigenvalue weighted by Crippen LogP contribution is -2.10. The van der Waals surface area contributed by atoms with Crippen LogP contribution >= 0.6 is 11.8 Å². The summed E-state index contributed by atoms with van der Waals surface area (Å²) >= 11 is 1.24. The highest BCUT2D eigenvalue weighted by molar-refractivity contribution is 8.14. The lowest BCUT2D eigenvalue weighted by molar-refractivity contribution is -0.137. The average Bonchev–Trinajstić information content (AvgIpc) is 2.61. The minimum absolute atomic E-state index is 0.0415. The molecular formula is C8H11NO3S. The Morgan fingerprint density at radius 1 is 2.00 bits per heavy atom. The molecule has 1 atom stereocenters. The Labute approximate surface area is 81.0 Å². The van der Waals surface area contributed by atoms with E-state index in [-0.39, 0.29) is 17.8 Å². The van der Waals surface area contributed by atoms with Gasteiger partial charge in [0.25, 0.3) is 0 Å². The molecule has 4 nitrogen and oxygen atoms in total. The number of thioether (sulfide) groups is 1. The van der Waals surface area contributed by atoms with E-state index in [1.807, 2.05) is 0 Å². The maximum Gasteiger partial charge on any atom is 0.316 e. The Balaban J connectivity index is 2.24. The third-order valence-corrected chi connectivity index (χ3v) is 2.31. The molecular weight excluding hydrogens is 190 g/mol. The summed E-state index contributed by atoms with van der Waals surface area (Å²) in [5.41, 5.74) is 0. The van der Waals surface area contributed by atoms with Gasteiger partial charge in [0.15, 0.2) is 0 Å². The van der Waals surface area contributed by atoms with Gasteiger partial charge in [-0.05, 0) is 6.08 Å². The van der Waals surface area contributed by atoms with Gasteiger partial charge in [-0.3, -0.25) is 4.79 Å². The van der Waals surface area contributed by atoms with E-state index in [1.165, 1.54) is 18.9 Å². The summed E-state index contributed by atoms with van der Waals surface area (Å²) in [4.78, 5) is 14.8. The molecule has 0 spiro atoms. The van der Waals surface area contributed by atoms with E-state index in [4.69, 9.17) is 4.74 Å². The lowest BCUT2D eigenvalue weighted by Gasteiger charge is -2.04. The van der Waals surface area contributed by atoms with Gasteiger partial charge in [0.05, 0.1) is 13.7 Å². The average molecular weight is 201 g/mol. The highest BCUT2D eigenvalue weighted by Crippen LogP contribution is 2.15. The zero-order valence-electron chi connectivity index (χ0n) is 7.36. The molecule has 0 unspecified atom stereocenters. The molecule has 0 fully saturated rings. The summed E-state index contributed by atoms with van der Waals surface area (Å²) in [5.74, 6) is -0.0440. The summed E-state index contributed by atoms with van der Waals surface area (Å²) < 4.78 is 9.77. The second kappa shape index (κ2) is 4.91. The molecule has 0 radical (unpaired) electrons. The number of ether oxygens (including phenoxy) is 2. The Morgan fingerprint density at radius 2 is 2.77 bits per heavy atom. The van der Waals surface area contributed by atoms with Gasteiger partial charge in [-0.2, -0.15) is 0 Å². The first-order valence-electron chi connectivity index (χ1n) is 3.79. The first kappa shape index (κ1) is 10.1. The van der Waals surface area contributed by atoms with Gasteiger partial charge in [0.1, 0.15) is 11.9 Å². The molecule has 1 heterocycles. The van der Waals surface area contributed by atoms with Crippen molar-refractivity contribution in [3.05, 3.63) is 12.7 Å². The number of hydrogen-bond donors (Lipinski definition) is 0. The molecule has 72 valence electrons. The van der Waals surface area contributed by atoms with Crippen LogP contribution in [-0.2, 0) is 14.3 Å². The highest BCUT2D eigenvalue weighted by Gasteiger charge is 2.17. The first-order chi connectivity index (χ1) is 6.26. The molecule has 0 saturated carbocycles. The molecule has 13 heavy (non-hydrogen) atoms. The van der Waals surface area contributed by atoms with Crippen LogP contribution in [0.3, 0.4) is 0 Å². The molecule has 0 N–H and O–H groups in total. The van der Waals surface area contributed by atoms with Crippen LogP contribution in [0.2, 0.25) is 0 Å². The maximum atomic E-state index is 10.7.